The Bertz CT molecular complexity index is 474. The van der Waals surface area contributed by atoms with E-state index in [4.69, 9.17) is 5.11 Å². The van der Waals surface area contributed by atoms with Gasteiger partial charge in [-0.1, -0.05) is 0 Å². The lowest BCUT2D eigenvalue weighted by molar-refractivity contribution is -0.131. The molecule has 0 spiro atoms. The molecular weight excluding hydrogens is 222 g/mol. The number of hydrogen-bond donors (Lipinski definition) is 2. The minimum absolute atomic E-state index is 0.199. The van der Waals surface area contributed by atoms with Crippen LogP contribution in [0.4, 0.5) is 5.69 Å². The Hall–Kier alpha value is -2.43. The van der Waals surface area contributed by atoms with Crippen LogP contribution in [-0.2, 0) is 9.59 Å². The first-order chi connectivity index (χ1) is 7.99. The highest BCUT2D eigenvalue weighted by atomic mass is 16.4. The van der Waals surface area contributed by atoms with E-state index in [0.717, 1.165) is 12.2 Å². The molecule has 0 aliphatic carbocycles. The van der Waals surface area contributed by atoms with Gasteiger partial charge in [-0.05, 0) is 30.3 Å². The summed E-state index contributed by atoms with van der Waals surface area (Å²) in [7, 11) is 0. The maximum absolute atomic E-state index is 11.4. The van der Waals surface area contributed by atoms with Crippen molar-refractivity contribution in [3.8, 4) is 0 Å². The molecule has 0 radical (unpaired) electrons. The molecule has 0 saturated heterocycles. The van der Waals surface area contributed by atoms with Crippen LogP contribution in [0.3, 0.4) is 0 Å². The Morgan fingerprint density at radius 1 is 1.12 bits per heavy atom. The van der Waals surface area contributed by atoms with Gasteiger partial charge in [0.2, 0.25) is 5.91 Å². The highest BCUT2D eigenvalue weighted by molar-refractivity contribution is 6.07. The number of rotatable bonds is 4. The SMILES string of the molecule is CC(=O)Nc1ccc(C(=O)/C=C/C(=O)O)cc1. The van der Waals surface area contributed by atoms with E-state index in [-0.39, 0.29) is 5.91 Å². The van der Waals surface area contributed by atoms with Crippen molar-refractivity contribution in [2.75, 3.05) is 5.32 Å². The number of hydrogen-bond acceptors (Lipinski definition) is 3. The Labute approximate surface area is 97.8 Å². The van der Waals surface area contributed by atoms with Crippen molar-refractivity contribution < 1.29 is 19.5 Å². The second-order valence-corrected chi connectivity index (χ2v) is 3.29. The van der Waals surface area contributed by atoms with Crippen molar-refractivity contribution in [1.29, 1.82) is 0 Å². The highest BCUT2D eigenvalue weighted by Crippen LogP contribution is 2.10. The third-order valence-corrected chi connectivity index (χ3v) is 1.87. The van der Waals surface area contributed by atoms with Crippen LogP contribution in [0.25, 0.3) is 0 Å². The summed E-state index contributed by atoms with van der Waals surface area (Å²) in [6, 6.07) is 6.17. The molecule has 1 aromatic rings. The molecule has 0 unspecified atom stereocenters. The molecule has 0 aromatic heterocycles. The first-order valence-corrected chi connectivity index (χ1v) is 4.82. The number of carbonyl (C=O) groups excluding carboxylic acids is 2. The molecule has 0 saturated carbocycles. The minimum Gasteiger partial charge on any atom is -0.478 e. The van der Waals surface area contributed by atoms with Gasteiger partial charge in [0.05, 0.1) is 0 Å². The lowest BCUT2D eigenvalue weighted by Gasteiger charge is -2.02. The number of aliphatic carboxylic acids is 1. The molecule has 0 aliphatic rings. The average molecular weight is 233 g/mol. The zero-order valence-corrected chi connectivity index (χ0v) is 9.14. The summed E-state index contributed by atoms with van der Waals surface area (Å²) in [4.78, 5) is 32.4. The maximum atomic E-state index is 11.4. The molecule has 17 heavy (non-hydrogen) atoms. The second kappa shape index (κ2) is 5.60. The fraction of sp³-hybridized carbons (Fsp3) is 0.0833. The maximum Gasteiger partial charge on any atom is 0.328 e. The first kappa shape index (κ1) is 12.6. The van der Waals surface area contributed by atoms with Crippen LogP contribution in [0.15, 0.2) is 36.4 Å². The normalized spacial score (nSPS) is 10.2. The molecule has 0 atom stereocenters. The molecule has 5 heteroatoms. The summed E-state index contributed by atoms with van der Waals surface area (Å²) in [5, 5.41) is 10.9. The average Bonchev–Trinajstić information content (AvgIpc) is 2.26. The Balaban J connectivity index is 2.77. The van der Waals surface area contributed by atoms with Gasteiger partial charge < -0.3 is 10.4 Å². The summed E-state index contributed by atoms with van der Waals surface area (Å²) in [6.07, 6.45) is 1.76. The van der Waals surface area contributed by atoms with Crippen molar-refractivity contribution in [2.45, 2.75) is 6.92 Å². The summed E-state index contributed by atoms with van der Waals surface area (Å²) in [5.41, 5.74) is 0.938. The largest absolute Gasteiger partial charge is 0.478 e. The number of carbonyl (C=O) groups is 3. The molecule has 2 N–H and O–H groups in total. The van der Waals surface area contributed by atoms with Gasteiger partial charge in [-0.25, -0.2) is 4.79 Å². The van der Waals surface area contributed by atoms with Crippen LogP contribution in [0, 0.1) is 0 Å². The number of benzene rings is 1. The zero-order valence-electron chi connectivity index (χ0n) is 9.14. The number of carboxylic acid groups (broad SMARTS) is 1. The summed E-state index contributed by atoms with van der Waals surface area (Å²) < 4.78 is 0. The number of nitrogens with one attached hydrogen (secondary N) is 1. The van der Waals surface area contributed by atoms with E-state index in [0.29, 0.717) is 11.3 Å². The Morgan fingerprint density at radius 3 is 2.18 bits per heavy atom. The number of carboxylic acids is 1. The van der Waals surface area contributed by atoms with Gasteiger partial charge in [-0.15, -0.1) is 0 Å². The molecule has 0 aliphatic heterocycles. The summed E-state index contributed by atoms with van der Waals surface area (Å²) in [5.74, 6) is -1.77. The molecule has 88 valence electrons. The predicted octanol–water partition coefficient (Wildman–Crippen LogP) is 1.47. The van der Waals surface area contributed by atoms with E-state index < -0.39 is 11.8 Å². The number of amides is 1. The fourth-order valence-electron chi connectivity index (χ4n) is 1.16. The van der Waals surface area contributed by atoms with Crippen LogP contribution < -0.4 is 5.32 Å². The lowest BCUT2D eigenvalue weighted by Crippen LogP contribution is -2.05. The first-order valence-electron chi connectivity index (χ1n) is 4.82. The van der Waals surface area contributed by atoms with Crippen LogP contribution in [0.1, 0.15) is 17.3 Å². The fourth-order valence-corrected chi connectivity index (χ4v) is 1.16. The number of anilines is 1. The molecule has 1 aromatic carbocycles. The number of ketones is 1. The van der Waals surface area contributed by atoms with Gasteiger partial charge in [0.25, 0.3) is 0 Å². The predicted molar refractivity (Wildman–Crippen MR) is 61.9 cm³/mol. The van der Waals surface area contributed by atoms with Gasteiger partial charge in [0.15, 0.2) is 5.78 Å². The summed E-state index contributed by atoms with van der Waals surface area (Å²) >= 11 is 0. The standard InChI is InChI=1S/C12H11NO4/c1-8(14)13-10-4-2-9(3-5-10)11(15)6-7-12(16)17/h2-7H,1H3,(H,13,14)(H,16,17)/b7-6+. The monoisotopic (exact) mass is 233 g/mol. The van der Waals surface area contributed by atoms with Crippen molar-refractivity contribution >= 4 is 23.3 Å². The molecule has 0 bridgehead atoms. The van der Waals surface area contributed by atoms with E-state index in [1.54, 1.807) is 12.1 Å². The zero-order chi connectivity index (χ0) is 12.8. The smallest absolute Gasteiger partial charge is 0.328 e. The molecule has 5 nitrogen and oxygen atoms in total. The molecule has 0 fully saturated rings. The van der Waals surface area contributed by atoms with E-state index >= 15 is 0 Å². The van der Waals surface area contributed by atoms with Crippen molar-refractivity contribution in [3.63, 3.8) is 0 Å². The van der Waals surface area contributed by atoms with E-state index in [2.05, 4.69) is 5.32 Å². The minimum atomic E-state index is -1.17. The van der Waals surface area contributed by atoms with Gasteiger partial charge in [0.1, 0.15) is 0 Å². The second-order valence-electron chi connectivity index (χ2n) is 3.29. The van der Waals surface area contributed by atoms with Crippen molar-refractivity contribution in [1.82, 2.24) is 0 Å². The number of allylic oxidation sites excluding steroid dienone is 1. The van der Waals surface area contributed by atoms with Gasteiger partial charge in [-0.3, -0.25) is 9.59 Å². The third kappa shape index (κ3) is 4.29. The van der Waals surface area contributed by atoms with E-state index in [9.17, 15) is 14.4 Å². The van der Waals surface area contributed by atoms with E-state index in [1.807, 2.05) is 0 Å². The third-order valence-electron chi connectivity index (χ3n) is 1.87. The highest BCUT2D eigenvalue weighted by Gasteiger charge is 2.02. The van der Waals surface area contributed by atoms with Crippen LogP contribution in [-0.4, -0.2) is 22.8 Å². The van der Waals surface area contributed by atoms with Crippen molar-refractivity contribution in [2.24, 2.45) is 0 Å². The Morgan fingerprint density at radius 2 is 1.71 bits per heavy atom. The van der Waals surface area contributed by atoms with Gasteiger partial charge >= 0.3 is 5.97 Å². The van der Waals surface area contributed by atoms with Crippen molar-refractivity contribution in [3.05, 3.63) is 42.0 Å². The topological polar surface area (TPSA) is 83.5 Å². The van der Waals surface area contributed by atoms with Gasteiger partial charge in [0, 0.05) is 24.3 Å². The molecule has 1 rings (SSSR count). The van der Waals surface area contributed by atoms with Crippen LogP contribution in [0.2, 0.25) is 0 Å². The molecule has 1 amide bonds. The quantitative estimate of drug-likeness (QED) is 0.609. The molecule has 0 heterocycles. The Kier molecular flexibility index (Phi) is 4.16. The summed E-state index contributed by atoms with van der Waals surface area (Å²) in [6.45, 7) is 1.38. The lowest BCUT2D eigenvalue weighted by atomic mass is 10.1. The van der Waals surface area contributed by atoms with Crippen LogP contribution >= 0.6 is 0 Å². The van der Waals surface area contributed by atoms with Crippen LogP contribution in [0.5, 0.6) is 0 Å². The molecular formula is C12H11NO4. The van der Waals surface area contributed by atoms with E-state index in [1.165, 1.54) is 19.1 Å². The van der Waals surface area contributed by atoms with Gasteiger partial charge in [-0.2, -0.15) is 0 Å².